The summed E-state index contributed by atoms with van der Waals surface area (Å²) in [4.78, 5) is 12.8. The number of esters is 1. The number of carbonyl (C=O) groups excluding carboxylic acids is 1. The van der Waals surface area contributed by atoms with Crippen molar-refractivity contribution in [2.45, 2.75) is 52.4 Å². The molecule has 1 saturated heterocycles. The molecule has 1 aliphatic carbocycles. The molecule has 0 radical (unpaired) electrons. The zero-order chi connectivity index (χ0) is 22.0. The second kappa shape index (κ2) is 7.34. The van der Waals surface area contributed by atoms with Gasteiger partial charge in [-0.2, -0.15) is 5.10 Å². The van der Waals surface area contributed by atoms with Crippen LogP contribution in [0.25, 0.3) is 0 Å². The van der Waals surface area contributed by atoms with Crippen LogP contribution in [0.15, 0.2) is 34.9 Å². The van der Waals surface area contributed by atoms with E-state index in [2.05, 4.69) is 47.9 Å². The molecule has 5 rings (SSSR count). The number of carbonyl (C=O) groups is 1. The predicted octanol–water partition coefficient (Wildman–Crippen LogP) is 5.02. The number of aromatic nitrogens is 2. The zero-order valence-corrected chi connectivity index (χ0v) is 20.0. The number of para-hydroxylation sites is 1. The third-order valence-electron chi connectivity index (χ3n) is 7.98. The summed E-state index contributed by atoms with van der Waals surface area (Å²) < 4.78 is 21.4. The Morgan fingerprint density at radius 3 is 2.87 bits per heavy atom. The fourth-order valence-electron chi connectivity index (χ4n) is 6.22. The van der Waals surface area contributed by atoms with Gasteiger partial charge in [-0.15, -0.1) is 0 Å². The monoisotopic (exact) mass is 488 g/mol. The third kappa shape index (κ3) is 3.07. The van der Waals surface area contributed by atoms with Crippen LogP contribution in [0, 0.1) is 23.2 Å². The lowest BCUT2D eigenvalue weighted by Crippen LogP contribution is -2.66. The van der Waals surface area contributed by atoms with Crippen LogP contribution in [0.3, 0.4) is 0 Å². The van der Waals surface area contributed by atoms with Gasteiger partial charge in [0.15, 0.2) is 5.69 Å². The van der Waals surface area contributed by atoms with Crippen molar-refractivity contribution >= 4 is 21.9 Å². The number of halogens is 1. The van der Waals surface area contributed by atoms with Crippen molar-refractivity contribution in [3.8, 4) is 5.75 Å². The highest BCUT2D eigenvalue weighted by Crippen LogP contribution is 2.63. The molecular weight excluding hydrogens is 460 g/mol. The molecule has 2 aliphatic heterocycles. The van der Waals surface area contributed by atoms with E-state index < -0.39 is 5.97 Å². The van der Waals surface area contributed by atoms with E-state index >= 15 is 0 Å². The number of hydrogen-bond donors (Lipinski definition) is 0. The largest absolute Gasteiger partial charge is 0.487 e. The van der Waals surface area contributed by atoms with E-state index in [4.69, 9.17) is 14.2 Å². The summed E-state index contributed by atoms with van der Waals surface area (Å²) in [7, 11) is 0. The van der Waals surface area contributed by atoms with Crippen LogP contribution in [0.5, 0.6) is 5.75 Å². The minimum absolute atomic E-state index is 0.00988. The molecule has 7 heteroatoms. The van der Waals surface area contributed by atoms with Gasteiger partial charge in [0, 0.05) is 29.6 Å². The van der Waals surface area contributed by atoms with Crippen LogP contribution in [-0.2, 0) is 16.0 Å². The number of aryl methyl sites for hydroxylation is 1. The number of benzene rings is 1. The van der Waals surface area contributed by atoms with Crippen molar-refractivity contribution in [3.63, 3.8) is 0 Å². The van der Waals surface area contributed by atoms with E-state index in [1.165, 1.54) is 0 Å². The van der Waals surface area contributed by atoms with Gasteiger partial charge in [0.05, 0.1) is 17.2 Å². The molecule has 1 aromatic carbocycles. The lowest BCUT2D eigenvalue weighted by atomic mass is 9.50. The number of nitrogens with zero attached hydrogens (tertiary/aromatic N) is 2. The summed E-state index contributed by atoms with van der Waals surface area (Å²) in [5.74, 6) is 1.30. The Morgan fingerprint density at radius 2 is 2.13 bits per heavy atom. The molecule has 0 unspecified atom stereocenters. The van der Waals surface area contributed by atoms with Gasteiger partial charge in [-0.25, -0.2) is 4.79 Å². The molecule has 0 spiro atoms. The van der Waals surface area contributed by atoms with E-state index in [1.54, 1.807) is 10.9 Å². The first-order valence-corrected chi connectivity index (χ1v) is 11.9. The maximum absolute atomic E-state index is 12.8. The first kappa shape index (κ1) is 21.0. The van der Waals surface area contributed by atoms with Crippen molar-refractivity contribution in [1.29, 1.82) is 0 Å². The quantitative estimate of drug-likeness (QED) is 0.565. The predicted molar refractivity (Wildman–Crippen MR) is 119 cm³/mol. The lowest BCUT2D eigenvalue weighted by Gasteiger charge is -2.63. The van der Waals surface area contributed by atoms with Gasteiger partial charge < -0.3 is 14.2 Å². The van der Waals surface area contributed by atoms with Crippen molar-refractivity contribution in [3.05, 3.63) is 46.2 Å². The van der Waals surface area contributed by atoms with Crippen LogP contribution in [0.4, 0.5) is 0 Å². The lowest BCUT2D eigenvalue weighted by molar-refractivity contribution is -0.259. The van der Waals surface area contributed by atoms with Crippen molar-refractivity contribution in [1.82, 2.24) is 9.78 Å². The molecule has 31 heavy (non-hydrogen) atoms. The summed E-state index contributed by atoms with van der Waals surface area (Å²) in [5, 5.41) is 4.33. The number of ether oxygens (including phenoxy) is 3. The van der Waals surface area contributed by atoms with E-state index in [0.717, 1.165) is 17.7 Å². The molecular formula is C24H29BrN2O4. The number of hydrogen-bond acceptors (Lipinski definition) is 5. The number of rotatable bonds is 4. The highest BCUT2D eigenvalue weighted by atomic mass is 79.9. The standard InChI is InChI=1S/C24H29BrN2O4/c1-5-27-11-17(25)20(26-27)22(28)30-13-24-12-29-21-16-8-6-7-9-18(16)31-23(4,10-14(24)2)19(21)15(24)3/h6-9,11,14-15,19,21H,5,10,12-13H2,1-4H3/t14-,15-,19+,21-,23-,24+/m0/s1. The highest BCUT2D eigenvalue weighted by Gasteiger charge is 2.64. The van der Waals surface area contributed by atoms with Gasteiger partial charge in [-0.1, -0.05) is 32.0 Å². The molecule has 6 nitrogen and oxygen atoms in total. The normalized spacial score (nSPS) is 35.8. The van der Waals surface area contributed by atoms with Crippen LogP contribution >= 0.6 is 15.9 Å². The number of fused-ring (bicyclic) bond motifs is 3. The van der Waals surface area contributed by atoms with E-state index in [1.807, 2.05) is 25.1 Å². The van der Waals surface area contributed by atoms with Gasteiger partial charge in [0.25, 0.3) is 0 Å². The maximum atomic E-state index is 12.8. The van der Waals surface area contributed by atoms with Crippen LogP contribution in [0.2, 0.25) is 0 Å². The fourth-order valence-corrected chi connectivity index (χ4v) is 6.70. The summed E-state index contributed by atoms with van der Waals surface area (Å²) in [6.07, 6.45) is 2.72. The topological polar surface area (TPSA) is 62.6 Å². The molecule has 0 amide bonds. The maximum Gasteiger partial charge on any atom is 0.360 e. The van der Waals surface area contributed by atoms with E-state index in [-0.39, 0.29) is 34.9 Å². The Morgan fingerprint density at radius 1 is 1.35 bits per heavy atom. The molecule has 3 heterocycles. The first-order chi connectivity index (χ1) is 14.8. The van der Waals surface area contributed by atoms with Crippen LogP contribution in [0.1, 0.15) is 56.3 Å². The molecule has 1 saturated carbocycles. The minimum atomic E-state index is -0.395. The third-order valence-corrected chi connectivity index (χ3v) is 8.56. The Bertz CT molecular complexity index is 1020. The molecule has 3 aliphatic rings. The van der Waals surface area contributed by atoms with Gasteiger partial charge >= 0.3 is 5.97 Å². The molecule has 2 bridgehead atoms. The molecule has 6 atom stereocenters. The average molecular weight is 489 g/mol. The summed E-state index contributed by atoms with van der Waals surface area (Å²) >= 11 is 3.43. The van der Waals surface area contributed by atoms with Crippen molar-refractivity contribution < 1.29 is 19.0 Å². The van der Waals surface area contributed by atoms with Gasteiger partial charge in [-0.3, -0.25) is 4.68 Å². The molecule has 1 aromatic heterocycles. The second-order valence-electron chi connectivity index (χ2n) is 9.59. The molecule has 0 N–H and O–H groups in total. The van der Waals surface area contributed by atoms with E-state index in [9.17, 15) is 4.79 Å². The Balaban J connectivity index is 1.42. The first-order valence-electron chi connectivity index (χ1n) is 11.1. The Hall–Kier alpha value is -1.86. The molecule has 166 valence electrons. The summed E-state index contributed by atoms with van der Waals surface area (Å²) in [6.45, 7) is 10.3. The fraction of sp³-hybridized carbons (Fsp3) is 0.583. The smallest absolute Gasteiger partial charge is 0.360 e. The SMILES string of the molecule is CCn1cc(Br)c(C(=O)OC[C@]23CO[C@H]4c5ccccc5O[C@@](C)(C[C@@H]2C)[C@@H]4[C@@H]3C)n1. The van der Waals surface area contributed by atoms with Crippen molar-refractivity contribution in [2.24, 2.45) is 23.2 Å². The van der Waals surface area contributed by atoms with Crippen LogP contribution < -0.4 is 4.74 Å². The molecule has 2 fully saturated rings. The summed E-state index contributed by atoms with van der Waals surface area (Å²) in [6, 6.07) is 8.21. The zero-order valence-electron chi connectivity index (χ0n) is 18.4. The molecule has 2 aromatic rings. The average Bonchev–Trinajstić information content (AvgIpc) is 3.12. The van der Waals surface area contributed by atoms with E-state index in [0.29, 0.717) is 29.9 Å². The van der Waals surface area contributed by atoms with Gasteiger partial charge in [-0.05, 0) is 54.1 Å². The highest BCUT2D eigenvalue weighted by molar-refractivity contribution is 9.10. The minimum Gasteiger partial charge on any atom is -0.487 e. The summed E-state index contributed by atoms with van der Waals surface area (Å²) in [5.41, 5.74) is 0.912. The second-order valence-corrected chi connectivity index (χ2v) is 10.4. The van der Waals surface area contributed by atoms with Gasteiger partial charge in [0.1, 0.15) is 18.0 Å². The Labute approximate surface area is 191 Å². The van der Waals surface area contributed by atoms with Crippen LogP contribution in [-0.4, -0.2) is 34.6 Å². The van der Waals surface area contributed by atoms with Gasteiger partial charge in [0.2, 0.25) is 0 Å². The Kier molecular flexibility index (Phi) is 4.97. The van der Waals surface area contributed by atoms with Crippen molar-refractivity contribution in [2.75, 3.05) is 13.2 Å².